The smallest absolute Gasteiger partial charge is 0.274 e. The highest BCUT2D eigenvalue weighted by atomic mass is 16.2. The predicted octanol–water partition coefficient (Wildman–Crippen LogP) is 2.63. The van der Waals surface area contributed by atoms with Gasteiger partial charge in [0.05, 0.1) is 18.1 Å². The molecule has 2 aromatic rings. The van der Waals surface area contributed by atoms with E-state index in [1.54, 1.807) is 6.07 Å². The van der Waals surface area contributed by atoms with Crippen LogP contribution in [0.1, 0.15) is 74.0 Å². The van der Waals surface area contributed by atoms with Crippen LogP contribution in [0, 0.1) is 11.3 Å². The molecule has 2 aliphatic rings. The Bertz CT molecular complexity index is 966. The number of amides is 1. The van der Waals surface area contributed by atoms with Crippen molar-refractivity contribution in [1.82, 2.24) is 25.5 Å². The van der Waals surface area contributed by atoms with Gasteiger partial charge in [0.25, 0.3) is 5.91 Å². The third-order valence-electron chi connectivity index (χ3n) is 6.05. The highest BCUT2D eigenvalue weighted by Crippen LogP contribution is 2.25. The molecule has 2 fully saturated rings. The predicted molar refractivity (Wildman–Crippen MR) is 120 cm³/mol. The largest absolute Gasteiger partial charge is 0.380 e. The van der Waals surface area contributed by atoms with Crippen LogP contribution in [0.3, 0.4) is 0 Å². The number of nitrogens with two attached hydrogens (primary N) is 1. The Kier molecular flexibility index (Phi) is 7.07. The summed E-state index contributed by atoms with van der Waals surface area (Å²) in [6.07, 6.45) is 12.2. The molecule has 2 aliphatic carbocycles. The fourth-order valence-electron chi connectivity index (χ4n) is 4.39. The van der Waals surface area contributed by atoms with Crippen molar-refractivity contribution in [3.05, 3.63) is 29.8 Å². The summed E-state index contributed by atoms with van der Waals surface area (Å²) in [5.74, 6) is 0.654. The number of nitrogens with one attached hydrogen (secondary N) is 3. The lowest BCUT2D eigenvalue weighted by molar-refractivity contribution is 0.0922. The van der Waals surface area contributed by atoms with E-state index in [-0.39, 0.29) is 35.4 Å². The van der Waals surface area contributed by atoms with Crippen molar-refractivity contribution in [2.24, 2.45) is 5.73 Å². The van der Waals surface area contributed by atoms with Crippen LogP contribution >= 0.6 is 0 Å². The van der Waals surface area contributed by atoms with E-state index in [4.69, 9.17) is 11.0 Å². The average Bonchev–Trinajstić information content (AvgIpc) is 2.80. The van der Waals surface area contributed by atoms with Crippen LogP contribution in [-0.4, -0.2) is 44.2 Å². The van der Waals surface area contributed by atoms with Gasteiger partial charge in [0, 0.05) is 24.2 Å². The van der Waals surface area contributed by atoms with Gasteiger partial charge in [-0.1, -0.05) is 19.3 Å². The maximum Gasteiger partial charge on any atom is 0.274 e. The molecule has 0 aromatic carbocycles. The third kappa shape index (κ3) is 5.68. The first kappa shape index (κ1) is 21.9. The molecule has 10 nitrogen and oxygen atoms in total. The lowest BCUT2D eigenvalue weighted by atomic mass is 9.91. The molecule has 32 heavy (non-hydrogen) atoms. The van der Waals surface area contributed by atoms with Crippen LogP contribution in [0.5, 0.6) is 0 Å². The number of rotatable bonds is 6. The number of nitrogens with zero attached hydrogens (tertiary/aromatic N) is 5. The normalized spacial score (nSPS) is 21.4. The molecule has 0 bridgehead atoms. The van der Waals surface area contributed by atoms with Gasteiger partial charge in [-0.3, -0.25) is 4.79 Å². The Balaban J connectivity index is 1.54. The van der Waals surface area contributed by atoms with Crippen molar-refractivity contribution < 1.29 is 4.79 Å². The summed E-state index contributed by atoms with van der Waals surface area (Å²) < 4.78 is 0. The van der Waals surface area contributed by atoms with Gasteiger partial charge >= 0.3 is 0 Å². The van der Waals surface area contributed by atoms with Crippen LogP contribution in [0.15, 0.2) is 18.5 Å². The summed E-state index contributed by atoms with van der Waals surface area (Å²) in [7, 11) is 0. The Morgan fingerprint density at radius 2 is 1.81 bits per heavy atom. The topological polar surface area (TPSA) is 155 Å². The van der Waals surface area contributed by atoms with E-state index in [0.717, 1.165) is 51.4 Å². The minimum absolute atomic E-state index is 0.155. The third-order valence-corrected chi connectivity index (χ3v) is 6.05. The quantitative estimate of drug-likeness (QED) is 0.536. The number of carbonyl (C=O) groups is 1. The summed E-state index contributed by atoms with van der Waals surface area (Å²) in [4.78, 5) is 21.2. The maximum absolute atomic E-state index is 13.0. The van der Waals surface area contributed by atoms with Crippen LogP contribution in [0.4, 0.5) is 17.3 Å². The van der Waals surface area contributed by atoms with E-state index in [2.05, 4.69) is 36.1 Å². The lowest BCUT2D eigenvalue weighted by Crippen LogP contribution is -2.38. The number of hydrogen-bond acceptors (Lipinski definition) is 9. The van der Waals surface area contributed by atoms with Crippen LogP contribution in [0.2, 0.25) is 0 Å². The van der Waals surface area contributed by atoms with Crippen molar-refractivity contribution in [3.8, 4) is 6.07 Å². The molecular weight excluding hydrogens is 406 g/mol. The molecule has 2 atom stereocenters. The van der Waals surface area contributed by atoms with Crippen molar-refractivity contribution in [2.45, 2.75) is 75.9 Å². The van der Waals surface area contributed by atoms with Gasteiger partial charge in [-0.15, -0.1) is 10.2 Å². The highest BCUT2D eigenvalue weighted by molar-refractivity contribution is 5.98. The minimum atomic E-state index is -0.211. The second-order valence-electron chi connectivity index (χ2n) is 8.59. The molecule has 0 aliphatic heterocycles. The molecule has 2 heterocycles. The zero-order chi connectivity index (χ0) is 22.3. The zero-order valence-corrected chi connectivity index (χ0v) is 18.0. The van der Waals surface area contributed by atoms with E-state index in [0.29, 0.717) is 17.3 Å². The van der Waals surface area contributed by atoms with Crippen LogP contribution < -0.4 is 21.7 Å². The van der Waals surface area contributed by atoms with E-state index >= 15 is 0 Å². The maximum atomic E-state index is 13.0. The van der Waals surface area contributed by atoms with E-state index in [1.165, 1.54) is 18.8 Å². The second-order valence-corrected chi connectivity index (χ2v) is 8.59. The monoisotopic (exact) mass is 435 g/mol. The number of anilines is 3. The zero-order valence-electron chi connectivity index (χ0n) is 18.0. The van der Waals surface area contributed by atoms with Crippen LogP contribution in [-0.2, 0) is 0 Å². The van der Waals surface area contributed by atoms with E-state index in [1.807, 2.05) is 6.07 Å². The van der Waals surface area contributed by atoms with Gasteiger partial charge < -0.3 is 21.7 Å². The van der Waals surface area contributed by atoms with Gasteiger partial charge in [-0.2, -0.15) is 5.26 Å². The summed E-state index contributed by atoms with van der Waals surface area (Å²) in [6.45, 7) is 0. The SMILES string of the molecule is N#Cc1cnc(Nc2cc(NC3CCCC(N)C3)c(C(=O)NC3CCCCC3)nn2)cn1. The fraction of sp³-hybridized carbons (Fsp3) is 0.545. The van der Waals surface area contributed by atoms with Gasteiger partial charge in [0.2, 0.25) is 0 Å². The van der Waals surface area contributed by atoms with Gasteiger partial charge in [0.15, 0.2) is 17.2 Å². The fourth-order valence-corrected chi connectivity index (χ4v) is 4.39. The number of hydrogen-bond donors (Lipinski definition) is 4. The summed E-state index contributed by atoms with van der Waals surface area (Å²) in [5, 5.41) is 26.9. The first-order chi connectivity index (χ1) is 15.6. The Morgan fingerprint density at radius 1 is 1.00 bits per heavy atom. The molecule has 168 valence electrons. The molecule has 10 heteroatoms. The van der Waals surface area contributed by atoms with E-state index in [9.17, 15) is 4.79 Å². The standard InChI is InChI=1S/C22H29N9O/c23-11-17-12-26-20(13-25-17)29-19-10-18(27-16-8-4-5-14(24)9-16)21(31-30-19)22(32)28-15-6-2-1-3-7-15/h10,12-16H,1-9,24H2,(H,28,32)(H2,26,27,29,30). The van der Waals surface area contributed by atoms with Gasteiger partial charge in [-0.25, -0.2) is 9.97 Å². The van der Waals surface area contributed by atoms with Gasteiger partial charge in [-0.05, 0) is 38.5 Å². The molecule has 1 amide bonds. The molecule has 0 radical (unpaired) electrons. The summed E-state index contributed by atoms with van der Waals surface area (Å²) in [6, 6.07) is 4.21. The Labute approximate surface area is 187 Å². The second kappa shape index (κ2) is 10.3. The Morgan fingerprint density at radius 3 is 2.53 bits per heavy atom. The summed E-state index contributed by atoms with van der Waals surface area (Å²) in [5.41, 5.74) is 7.29. The minimum Gasteiger partial charge on any atom is -0.380 e. The first-order valence-electron chi connectivity index (χ1n) is 11.3. The Hall–Kier alpha value is -3.32. The van der Waals surface area contributed by atoms with Crippen molar-refractivity contribution in [1.29, 1.82) is 5.26 Å². The molecule has 0 spiro atoms. The highest BCUT2D eigenvalue weighted by Gasteiger charge is 2.24. The molecule has 5 N–H and O–H groups in total. The van der Waals surface area contributed by atoms with Crippen LogP contribution in [0.25, 0.3) is 0 Å². The molecule has 2 saturated carbocycles. The molecule has 2 aromatic heterocycles. The molecule has 0 saturated heterocycles. The lowest BCUT2D eigenvalue weighted by Gasteiger charge is -2.29. The average molecular weight is 436 g/mol. The molecule has 4 rings (SSSR count). The molecule has 2 unspecified atom stereocenters. The van der Waals surface area contributed by atoms with Crippen molar-refractivity contribution in [2.75, 3.05) is 10.6 Å². The van der Waals surface area contributed by atoms with E-state index < -0.39 is 0 Å². The first-order valence-corrected chi connectivity index (χ1v) is 11.3. The number of aromatic nitrogens is 4. The molecular formula is C22H29N9O. The van der Waals surface area contributed by atoms with Gasteiger partial charge in [0.1, 0.15) is 11.9 Å². The number of nitriles is 1. The van der Waals surface area contributed by atoms with Crippen molar-refractivity contribution in [3.63, 3.8) is 0 Å². The number of carbonyl (C=O) groups excluding carboxylic acids is 1. The summed E-state index contributed by atoms with van der Waals surface area (Å²) >= 11 is 0. The van der Waals surface area contributed by atoms with Crippen molar-refractivity contribution >= 4 is 23.2 Å².